The molecule has 2 rings (SSSR count). The van der Waals surface area contributed by atoms with Gasteiger partial charge in [-0.1, -0.05) is 6.92 Å². The summed E-state index contributed by atoms with van der Waals surface area (Å²) in [6, 6.07) is 3.37. The lowest BCUT2D eigenvalue weighted by molar-refractivity contribution is 0.0593. The molecule has 19 heavy (non-hydrogen) atoms. The van der Waals surface area contributed by atoms with E-state index < -0.39 is 5.97 Å². The van der Waals surface area contributed by atoms with E-state index in [0.717, 1.165) is 19.6 Å². The summed E-state index contributed by atoms with van der Waals surface area (Å²) in [5, 5.41) is 11.1. The van der Waals surface area contributed by atoms with Crippen LogP contribution in [0.5, 0.6) is 0 Å². The number of ether oxygens (including phenoxy) is 1. The third-order valence-corrected chi connectivity index (χ3v) is 3.45. The summed E-state index contributed by atoms with van der Waals surface area (Å²) in [6.07, 6.45) is 1.22. The van der Waals surface area contributed by atoms with Crippen molar-refractivity contribution in [1.82, 2.24) is 15.1 Å². The number of carbonyl (C=O) groups is 1. The van der Waals surface area contributed by atoms with Crippen molar-refractivity contribution in [1.29, 1.82) is 0 Å². The molecule has 1 saturated heterocycles. The van der Waals surface area contributed by atoms with Gasteiger partial charge in [-0.05, 0) is 37.6 Å². The quantitative estimate of drug-likeness (QED) is 0.801. The number of aromatic nitrogens is 2. The average molecular weight is 264 g/mol. The molecule has 6 nitrogen and oxygen atoms in total. The summed E-state index contributed by atoms with van der Waals surface area (Å²) >= 11 is 0. The smallest absolute Gasteiger partial charge is 0.358 e. The maximum atomic E-state index is 11.2. The lowest BCUT2D eigenvalue weighted by Crippen LogP contribution is -2.22. The van der Waals surface area contributed by atoms with Crippen LogP contribution >= 0.6 is 0 Å². The molecule has 0 amide bonds. The van der Waals surface area contributed by atoms with E-state index in [1.54, 1.807) is 12.1 Å². The Labute approximate surface area is 113 Å². The molecule has 1 aromatic heterocycles. The molecule has 1 aliphatic heterocycles. The van der Waals surface area contributed by atoms with E-state index >= 15 is 0 Å². The first-order valence-corrected chi connectivity index (χ1v) is 6.61. The zero-order chi connectivity index (χ0) is 13.7. The first-order valence-electron chi connectivity index (χ1n) is 6.61. The molecule has 0 bridgehead atoms. The Hall–Kier alpha value is -1.69. The van der Waals surface area contributed by atoms with Gasteiger partial charge in [-0.25, -0.2) is 4.79 Å². The topological polar surface area (TPSA) is 67.4 Å². The lowest BCUT2D eigenvalue weighted by Gasteiger charge is -2.13. The SMILES string of the molecule is CCN1CCC(CNc2ccc(C(=O)OC)nn2)C1. The van der Waals surface area contributed by atoms with Crippen molar-refractivity contribution in [2.45, 2.75) is 13.3 Å². The normalized spacial score (nSPS) is 19.4. The summed E-state index contributed by atoms with van der Waals surface area (Å²) in [6.45, 7) is 6.51. The molecule has 1 aromatic rings. The molecule has 1 aliphatic rings. The van der Waals surface area contributed by atoms with Crippen molar-refractivity contribution in [2.24, 2.45) is 5.92 Å². The van der Waals surface area contributed by atoms with E-state index in [2.05, 4.69) is 32.1 Å². The molecule has 104 valence electrons. The number of nitrogens with one attached hydrogen (secondary N) is 1. The van der Waals surface area contributed by atoms with Crippen LogP contribution in [0.25, 0.3) is 0 Å². The second-order valence-electron chi connectivity index (χ2n) is 4.72. The highest BCUT2D eigenvalue weighted by molar-refractivity contribution is 5.86. The number of carbonyl (C=O) groups excluding carboxylic acids is 1. The largest absolute Gasteiger partial charge is 0.464 e. The summed E-state index contributed by atoms with van der Waals surface area (Å²) in [4.78, 5) is 13.7. The number of hydrogen-bond acceptors (Lipinski definition) is 6. The van der Waals surface area contributed by atoms with E-state index in [4.69, 9.17) is 0 Å². The van der Waals surface area contributed by atoms with Gasteiger partial charge in [0.25, 0.3) is 0 Å². The zero-order valence-corrected chi connectivity index (χ0v) is 11.4. The highest BCUT2D eigenvalue weighted by Crippen LogP contribution is 2.16. The van der Waals surface area contributed by atoms with Gasteiger partial charge in [-0.15, -0.1) is 10.2 Å². The Morgan fingerprint density at radius 3 is 2.95 bits per heavy atom. The van der Waals surface area contributed by atoms with Crippen LogP contribution < -0.4 is 5.32 Å². The van der Waals surface area contributed by atoms with Crippen LogP contribution in [-0.2, 0) is 4.74 Å². The second-order valence-corrected chi connectivity index (χ2v) is 4.72. The van der Waals surface area contributed by atoms with Crippen LogP contribution in [-0.4, -0.2) is 54.4 Å². The van der Waals surface area contributed by atoms with Crippen molar-refractivity contribution in [3.05, 3.63) is 17.8 Å². The second kappa shape index (κ2) is 6.47. The number of hydrogen-bond donors (Lipinski definition) is 1. The number of methoxy groups -OCH3 is 1. The van der Waals surface area contributed by atoms with Crippen molar-refractivity contribution in [2.75, 3.05) is 38.6 Å². The molecule has 6 heteroatoms. The predicted octanol–water partition coefficient (Wildman–Crippen LogP) is 1.02. The van der Waals surface area contributed by atoms with E-state index in [-0.39, 0.29) is 5.69 Å². The fourth-order valence-corrected chi connectivity index (χ4v) is 2.26. The molecule has 2 heterocycles. The van der Waals surface area contributed by atoms with E-state index in [9.17, 15) is 4.79 Å². The number of anilines is 1. The highest BCUT2D eigenvalue weighted by atomic mass is 16.5. The van der Waals surface area contributed by atoms with Crippen LogP contribution in [0.3, 0.4) is 0 Å². The number of likely N-dealkylation sites (tertiary alicyclic amines) is 1. The molecular weight excluding hydrogens is 244 g/mol. The van der Waals surface area contributed by atoms with Gasteiger partial charge in [0.15, 0.2) is 5.69 Å². The van der Waals surface area contributed by atoms with Gasteiger partial charge in [0, 0.05) is 13.1 Å². The van der Waals surface area contributed by atoms with Crippen molar-refractivity contribution < 1.29 is 9.53 Å². The van der Waals surface area contributed by atoms with Gasteiger partial charge in [0.1, 0.15) is 5.82 Å². The standard InChI is InChI=1S/C13H20N4O2/c1-3-17-7-6-10(9-17)8-14-12-5-4-11(15-16-12)13(18)19-2/h4-5,10H,3,6-9H2,1-2H3,(H,14,16). The molecule has 0 radical (unpaired) electrons. The monoisotopic (exact) mass is 264 g/mol. The minimum Gasteiger partial charge on any atom is -0.464 e. The van der Waals surface area contributed by atoms with Crippen molar-refractivity contribution >= 4 is 11.8 Å². The van der Waals surface area contributed by atoms with Crippen molar-refractivity contribution in [3.63, 3.8) is 0 Å². The van der Waals surface area contributed by atoms with Crippen molar-refractivity contribution in [3.8, 4) is 0 Å². The van der Waals surface area contributed by atoms with Gasteiger partial charge < -0.3 is 15.0 Å². The molecule has 1 N–H and O–H groups in total. The summed E-state index contributed by atoms with van der Waals surface area (Å²) in [5.74, 6) is 0.887. The summed E-state index contributed by atoms with van der Waals surface area (Å²) in [7, 11) is 1.33. The maximum Gasteiger partial charge on any atom is 0.358 e. The third kappa shape index (κ3) is 3.64. The maximum absolute atomic E-state index is 11.2. The number of nitrogens with zero attached hydrogens (tertiary/aromatic N) is 3. The van der Waals surface area contributed by atoms with Gasteiger partial charge in [-0.3, -0.25) is 0 Å². The summed E-state index contributed by atoms with van der Waals surface area (Å²) in [5.41, 5.74) is 0.228. The van der Waals surface area contributed by atoms with Gasteiger partial charge in [0.05, 0.1) is 7.11 Å². The van der Waals surface area contributed by atoms with Crippen LogP contribution in [0.4, 0.5) is 5.82 Å². The van der Waals surface area contributed by atoms with E-state index in [1.165, 1.54) is 20.1 Å². The van der Waals surface area contributed by atoms with E-state index in [1.807, 2.05) is 0 Å². The lowest BCUT2D eigenvalue weighted by atomic mass is 10.1. The molecule has 0 aromatic carbocycles. The predicted molar refractivity (Wildman–Crippen MR) is 72.1 cm³/mol. The first-order chi connectivity index (χ1) is 9.22. The summed E-state index contributed by atoms with van der Waals surface area (Å²) < 4.78 is 4.57. The highest BCUT2D eigenvalue weighted by Gasteiger charge is 2.20. The molecule has 0 spiro atoms. The Balaban J connectivity index is 1.82. The average Bonchev–Trinajstić information content (AvgIpc) is 2.93. The van der Waals surface area contributed by atoms with Gasteiger partial charge in [-0.2, -0.15) is 0 Å². The van der Waals surface area contributed by atoms with Crippen LogP contribution in [0.15, 0.2) is 12.1 Å². The molecular formula is C13H20N4O2. The van der Waals surface area contributed by atoms with Crippen LogP contribution in [0.1, 0.15) is 23.8 Å². The minimum absolute atomic E-state index is 0.228. The molecule has 1 atom stereocenters. The van der Waals surface area contributed by atoms with Crippen LogP contribution in [0.2, 0.25) is 0 Å². The fourth-order valence-electron chi connectivity index (χ4n) is 2.26. The minimum atomic E-state index is -0.464. The zero-order valence-electron chi connectivity index (χ0n) is 11.4. The molecule has 1 fully saturated rings. The number of rotatable bonds is 5. The number of esters is 1. The first kappa shape index (κ1) is 13.7. The Bertz CT molecular complexity index is 421. The van der Waals surface area contributed by atoms with Gasteiger partial charge in [0.2, 0.25) is 0 Å². The van der Waals surface area contributed by atoms with E-state index in [0.29, 0.717) is 11.7 Å². The van der Waals surface area contributed by atoms with Crippen LogP contribution in [0, 0.1) is 5.92 Å². The molecule has 0 saturated carbocycles. The Kier molecular flexibility index (Phi) is 4.68. The van der Waals surface area contributed by atoms with Gasteiger partial charge >= 0.3 is 5.97 Å². The Morgan fingerprint density at radius 1 is 1.53 bits per heavy atom. The third-order valence-electron chi connectivity index (χ3n) is 3.45. The fraction of sp³-hybridized carbons (Fsp3) is 0.615. The molecule has 0 aliphatic carbocycles. The Morgan fingerprint density at radius 2 is 2.37 bits per heavy atom. The molecule has 1 unspecified atom stereocenters.